The molecule has 0 radical (unpaired) electrons. The Balaban J connectivity index is 1.37. The molecule has 3 aromatic rings. The first-order valence-corrected chi connectivity index (χ1v) is 9.94. The van der Waals surface area contributed by atoms with Crippen molar-refractivity contribution in [2.45, 2.75) is 0 Å². The fraction of sp³-hybridized carbons (Fsp3) is 0.200. The van der Waals surface area contributed by atoms with Crippen molar-refractivity contribution in [3.8, 4) is 0 Å². The zero-order valence-corrected chi connectivity index (χ0v) is 16.4. The third kappa shape index (κ3) is 4.13. The summed E-state index contributed by atoms with van der Waals surface area (Å²) >= 11 is 1.22. The lowest BCUT2D eigenvalue weighted by Gasteiger charge is -2.34. The number of thiazole rings is 1. The number of nitro groups is 1. The highest BCUT2D eigenvalue weighted by molar-refractivity contribution is 7.22. The van der Waals surface area contributed by atoms with Crippen LogP contribution in [0.25, 0.3) is 16.3 Å². The van der Waals surface area contributed by atoms with Crippen LogP contribution in [0.4, 0.5) is 19.6 Å². The van der Waals surface area contributed by atoms with Crippen LogP contribution in [0.3, 0.4) is 0 Å². The van der Waals surface area contributed by atoms with E-state index < -0.39 is 16.6 Å². The fourth-order valence-electron chi connectivity index (χ4n) is 3.18. The predicted octanol–water partition coefficient (Wildman–Crippen LogP) is 3.84. The zero-order chi connectivity index (χ0) is 21.3. The number of rotatable bonds is 4. The Hall–Kier alpha value is -3.40. The minimum absolute atomic E-state index is 0.00735. The predicted molar refractivity (Wildman–Crippen MR) is 110 cm³/mol. The highest BCUT2D eigenvalue weighted by Gasteiger charge is 2.22. The van der Waals surface area contributed by atoms with Crippen molar-refractivity contribution < 1.29 is 18.5 Å². The molecular formula is C20H16F2N4O3S. The van der Waals surface area contributed by atoms with Gasteiger partial charge in [-0.1, -0.05) is 11.3 Å². The monoisotopic (exact) mass is 430 g/mol. The molecule has 0 N–H and O–H groups in total. The highest BCUT2D eigenvalue weighted by atomic mass is 32.1. The molecule has 10 heteroatoms. The Bertz CT molecular complexity index is 1140. The number of hydrogen-bond acceptors (Lipinski definition) is 6. The van der Waals surface area contributed by atoms with Crippen LogP contribution in [-0.4, -0.2) is 46.9 Å². The number of carbonyl (C=O) groups excluding carboxylic acids is 1. The smallest absolute Gasteiger partial charge is 0.269 e. The van der Waals surface area contributed by atoms with Gasteiger partial charge in [0.2, 0.25) is 5.91 Å². The molecule has 7 nitrogen and oxygen atoms in total. The standard InChI is InChI=1S/C20H16F2N4O3S/c21-14-11-16(22)19-17(12-14)30-20(23-19)25-9-7-24(8-10-25)18(27)6-3-13-1-4-15(5-2-13)26(28)29/h1-6,11-12H,7-10H2/b6-3-. The van der Waals surface area contributed by atoms with E-state index in [1.807, 2.05) is 4.90 Å². The van der Waals surface area contributed by atoms with Crippen LogP contribution in [0.5, 0.6) is 0 Å². The van der Waals surface area contributed by atoms with E-state index >= 15 is 0 Å². The summed E-state index contributed by atoms with van der Waals surface area (Å²) in [5, 5.41) is 11.3. The van der Waals surface area contributed by atoms with E-state index in [0.717, 1.165) is 6.07 Å². The second-order valence-corrected chi connectivity index (χ2v) is 7.73. The number of anilines is 1. The van der Waals surface area contributed by atoms with Gasteiger partial charge < -0.3 is 9.80 Å². The topological polar surface area (TPSA) is 79.6 Å². The third-order valence-corrected chi connectivity index (χ3v) is 5.85. The Morgan fingerprint density at radius 3 is 2.50 bits per heavy atom. The molecule has 1 saturated heterocycles. The summed E-state index contributed by atoms with van der Waals surface area (Å²) in [5.74, 6) is -1.48. The van der Waals surface area contributed by atoms with E-state index in [1.165, 1.54) is 35.6 Å². The van der Waals surface area contributed by atoms with Crippen molar-refractivity contribution in [1.29, 1.82) is 0 Å². The molecule has 0 aliphatic carbocycles. The SMILES string of the molecule is O=C(/C=C\c1ccc([N+](=O)[O-])cc1)N1CCN(c2nc3c(F)cc(F)cc3s2)CC1. The van der Waals surface area contributed by atoms with Gasteiger partial charge in [-0.2, -0.15) is 0 Å². The van der Waals surface area contributed by atoms with E-state index in [9.17, 15) is 23.7 Å². The van der Waals surface area contributed by atoms with Gasteiger partial charge in [0.25, 0.3) is 5.69 Å². The number of halogens is 2. The lowest BCUT2D eigenvalue weighted by Crippen LogP contribution is -2.48. The maximum absolute atomic E-state index is 13.9. The van der Waals surface area contributed by atoms with Crippen molar-refractivity contribution in [2.75, 3.05) is 31.1 Å². The maximum atomic E-state index is 13.9. The Labute approximate surface area is 174 Å². The molecule has 1 aliphatic rings. The fourth-order valence-corrected chi connectivity index (χ4v) is 4.24. The summed E-state index contributed by atoms with van der Waals surface area (Å²) in [4.78, 5) is 30.5. The first-order chi connectivity index (χ1) is 14.4. The van der Waals surface area contributed by atoms with Gasteiger partial charge in [-0.05, 0) is 29.8 Å². The molecule has 154 valence electrons. The molecule has 1 fully saturated rings. The number of benzene rings is 2. The quantitative estimate of drug-likeness (QED) is 0.357. The number of aromatic nitrogens is 1. The van der Waals surface area contributed by atoms with Crippen LogP contribution in [0.15, 0.2) is 42.5 Å². The highest BCUT2D eigenvalue weighted by Crippen LogP contribution is 2.31. The molecule has 1 aliphatic heterocycles. The second-order valence-electron chi connectivity index (χ2n) is 6.73. The third-order valence-electron chi connectivity index (χ3n) is 4.79. The Kier molecular flexibility index (Phi) is 5.40. The summed E-state index contributed by atoms with van der Waals surface area (Å²) in [7, 11) is 0. The molecule has 2 heterocycles. The number of piperazine rings is 1. The largest absolute Gasteiger partial charge is 0.345 e. The van der Waals surface area contributed by atoms with Gasteiger partial charge in [-0.15, -0.1) is 0 Å². The Morgan fingerprint density at radius 2 is 1.83 bits per heavy atom. The number of fused-ring (bicyclic) bond motifs is 1. The van der Waals surface area contributed by atoms with Crippen molar-refractivity contribution in [1.82, 2.24) is 9.88 Å². The maximum Gasteiger partial charge on any atom is 0.269 e. The normalized spacial score (nSPS) is 14.6. The molecular weight excluding hydrogens is 414 g/mol. The molecule has 0 bridgehead atoms. The lowest BCUT2D eigenvalue weighted by molar-refractivity contribution is -0.384. The summed E-state index contributed by atoms with van der Waals surface area (Å²) < 4.78 is 27.7. The van der Waals surface area contributed by atoms with Gasteiger partial charge in [0.1, 0.15) is 11.3 Å². The van der Waals surface area contributed by atoms with Crippen molar-refractivity contribution in [3.63, 3.8) is 0 Å². The summed E-state index contributed by atoms with van der Waals surface area (Å²) in [6.45, 7) is 1.99. The molecule has 0 unspecified atom stereocenters. The number of non-ortho nitro benzene ring substituents is 1. The number of hydrogen-bond donors (Lipinski definition) is 0. The molecule has 0 spiro atoms. The van der Waals surface area contributed by atoms with E-state index in [-0.39, 0.29) is 17.1 Å². The molecule has 2 aromatic carbocycles. The van der Waals surface area contributed by atoms with Crippen LogP contribution in [0.2, 0.25) is 0 Å². The van der Waals surface area contributed by atoms with E-state index in [1.54, 1.807) is 23.1 Å². The van der Waals surface area contributed by atoms with Gasteiger partial charge in [-0.3, -0.25) is 14.9 Å². The number of nitro benzene ring substituents is 1. The molecule has 1 aromatic heterocycles. The van der Waals surface area contributed by atoms with Crippen LogP contribution < -0.4 is 4.90 Å². The lowest BCUT2D eigenvalue weighted by atomic mass is 10.2. The number of nitrogens with zero attached hydrogens (tertiary/aromatic N) is 4. The Morgan fingerprint density at radius 1 is 1.13 bits per heavy atom. The van der Waals surface area contributed by atoms with Gasteiger partial charge in [0.05, 0.1) is 9.62 Å². The average Bonchev–Trinajstić information content (AvgIpc) is 3.17. The molecule has 1 amide bonds. The van der Waals surface area contributed by atoms with Crippen molar-refractivity contribution in [2.24, 2.45) is 0 Å². The van der Waals surface area contributed by atoms with Crippen LogP contribution >= 0.6 is 11.3 Å². The zero-order valence-electron chi connectivity index (χ0n) is 15.6. The average molecular weight is 430 g/mol. The minimum Gasteiger partial charge on any atom is -0.345 e. The van der Waals surface area contributed by atoms with E-state index in [4.69, 9.17) is 0 Å². The van der Waals surface area contributed by atoms with Gasteiger partial charge >= 0.3 is 0 Å². The van der Waals surface area contributed by atoms with E-state index in [2.05, 4.69) is 4.98 Å². The molecule has 0 atom stereocenters. The molecule has 30 heavy (non-hydrogen) atoms. The first-order valence-electron chi connectivity index (χ1n) is 9.13. The molecule has 4 rings (SSSR count). The first kappa shape index (κ1) is 19.9. The van der Waals surface area contributed by atoms with Crippen molar-refractivity contribution >= 4 is 44.4 Å². The van der Waals surface area contributed by atoms with Crippen LogP contribution in [0, 0.1) is 21.7 Å². The number of carbonyl (C=O) groups is 1. The minimum atomic E-state index is -0.683. The summed E-state index contributed by atoms with van der Waals surface area (Å²) in [6, 6.07) is 8.01. The van der Waals surface area contributed by atoms with Crippen molar-refractivity contribution in [3.05, 3.63) is 69.8 Å². The van der Waals surface area contributed by atoms with Crippen LogP contribution in [-0.2, 0) is 4.79 Å². The molecule has 0 saturated carbocycles. The number of amides is 1. The van der Waals surface area contributed by atoms with Gasteiger partial charge in [-0.25, -0.2) is 13.8 Å². The van der Waals surface area contributed by atoms with Crippen LogP contribution in [0.1, 0.15) is 5.56 Å². The summed E-state index contributed by atoms with van der Waals surface area (Å²) in [5.41, 5.74) is 0.837. The second kappa shape index (κ2) is 8.15. The van der Waals surface area contributed by atoms with Gasteiger partial charge in [0, 0.05) is 50.5 Å². The summed E-state index contributed by atoms with van der Waals surface area (Å²) in [6.07, 6.45) is 3.05. The van der Waals surface area contributed by atoms with E-state index in [0.29, 0.717) is 41.6 Å². The van der Waals surface area contributed by atoms with Gasteiger partial charge in [0.15, 0.2) is 10.9 Å².